The predicted octanol–water partition coefficient (Wildman–Crippen LogP) is 2.87. The number of rotatable bonds is 6. The van der Waals surface area contributed by atoms with Crippen molar-refractivity contribution >= 4 is 5.97 Å². The third-order valence-electron chi connectivity index (χ3n) is 3.41. The molecule has 20 heavy (non-hydrogen) atoms. The van der Waals surface area contributed by atoms with Crippen LogP contribution >= 0.6 is 0 Å². The number of ether oxygens (including phenoxy) is 2. The molecule has 0 spiro atoms. The average Bonchev–Trinajstić information content (AvgIpc) is 3.23. The zero-order valence-electron chi connectivity index (χ0n) is 12.5. The Balaban J connectivity index is 2.34. The van der Waals surface area contributed by atoms with E-state index in [1.165, 1.54) is 0 Å². The van der Waals surface area contributed by atoms with Crippen LogP contribution in [0.2, 0.25) is 0 Å². The molecule has 0 aromatic carbocycles. The Hall–Kier alpha value is -1.49. The molecular weight excluding hydrogens is 256 g/mol. The Morgan fingerprint density at radius 1 is 1.45 bits per heavy atom. The number of esters is 1. The number of nitrogens with zero attached hydrogens (tertiary/aromatic N) is 2. The van der Waals surface area contributed by atoms with Crippen LogP contribution in [-0.2, 0) is 9.47 Å². The summed E-state index contributed by atoms with van der Waals surface area (Å²) in [5, 5.41) is 0. The van der Waals surface area contributed by atoms with Gasteiger partial charge in [-0.3, -0.25) is 0 Å². The van der Waals surface area contributed by atoms with Crippen LogP contribution in [0.25, 0.3) is 0 Å². The molecule has 1 aromatic rings. The quantitative estimate of drug-likeness (QED) is 0.749. The van der Waals surface area contributed by atoms with Crippen molar-refractivity contribution in [1.29, 1.82) is 0 Å². The van der Waals surface area contributed by atoms with E-state index < -0.39 is 0 Å². The van der Waals surface area contributed by atoms with E-state index in [-0.39, 0.29) is 18.0 Å². The molecule has 2 rings (SSSR count). The van der Waals surface area contributed by atoms with E-state index in [4.69, 9.17) is 9.47 Å². The van der Waals surface area contributed by atoms with Gasteiger partial charge >= 0.3 is 5.97 Å². The van der Waals surface area contributed by atoms with Gasteiger partial charge in [0.15, 0.2) is 5.82 Å². The molecule has 1 atom stereocenters. The first-order chi connectivity index (χ1) is 9.58. The molecular formula is C15H22N2O3. The van der Waals surface area contributed by atoms with Crippen LogP contribution in [0.4, 0.5) is 0 Å². The molecule has 0 saturated heterocycles. The van der Waals surface area contributed by atoms with Crippen molar-refractivity contribution in [2.24, 2.45) is 5.92 Å². The minimum Gasteiger partial charge on any atom is -0.462 e. The Labute approximate surface area is 119 Å². The average molecular weight is 278 g/mol. The second kappa shape index (κ2) is 6.31. The molecule has 1 saturated carbocycles. The number of aromatic nitrogens is 2. The van der Waals surface area contributed by atoms with Crippen molar-refractivity contribution in [3.05, 3.63) is 23.3 Å². The van der Waals surface area contributed by atoms with E-state index in [2.05, 4.69) is 23.8 Å². The Morgan fingerprint density at radius 3 is 2.65 bits per heavy atom. The maximum Gasteiger partial charge on any atom is 0.341 e. The van der Waals surface area contributed by atoms with Crippen molar-refractivity contribution < 1.29 is 14.3 Å². The van der Waals surface area contributed by atoms with Gasteiger partial charge in [0.25, 0.3) is 0 Å². The second-order valence-electron chi connectivity index (χ2n) is 5.42. The summed E-state index contributed by atoms with van der Waals surface area (Å²) in [6, 6.07) is 0. The Kier molecular flexibility index (Phi) is 4.70. The molecule has 5 heteroatoms. The zero-order chi connectivity index (χ0) is 14.7. The first-order valence-electron chi connectivity index (χ1n) is 7.15. The molecule has 5 nitrogen and oxygen atoms in total. The van der Waals surface area contributed by atoms with E-state index in [0.29, 0.717) is 23.9 Å². The predicted molar refractivity (Wildman–Crippen MR) is 74.6 cm³/mol. The lowest BCUT2D eigenvalue weighted by atomic mass is 10.1. The van der Waals surface area contributed by atoms with Gasteiger partial charge in [0.05, 0.1) is 17.9 Å². The minimum atomic E-state index is -0.334. The molecule has 0 amide bonds. The molecule has 1 aromatic heterocycles. The highest BCUT2D eigenvalue weighted by molar-refractivity contribution is 5.90. The molecule has 0 N–H and O–H groups in total. The first kappa shape index (κ1) is 14.9. The molecule has 0 bridgehead atoms. The lowest BCUT2D eigenvalue weighted by Gasteiger charge is -2.19. The molecule has 1 aliphatic carbocycles. The van der Waals surface area contributed by atoms with Gasteiger partial charge in [-0.05, 0) is 25.7 Å². The van der Waals surface area contributed by atoms with Gasteiger partial charge < -0.3 is 9.47 Å². The summed E-state index contributed by atoms with van der Waals surface area (Å²) in [4.78, 5) is 20.9. The number of hydrogen-bond donors (Lipinski definition) is 0. The van der Waals surface area contributed by atoms with Crippen molar-refractivity contribution in [2.75, 3.05) is 13.7 Å². The maximum atomic E-state index is 11.9. The van der Waals surface area contributed by atoms with E-state index in [1.807, 2.05) is 0 Å². The highest BCUT2D eigenvalue weighted by Crippen LogP contribution is 2.41. The maximum absolute atomic E-state index is 11.9. The fourth-order valence-electron chi connectivity index (χ4n) is 2.26. The van der Waals surface area contributed by atoms with Crippen LogP contribution in [0.3, 0.4) is 0 Å². The van der Waals surface area contributed by atoms with Gasteiger partial charge in [-0.2, -0.15) is 0 Å². The highest BCUT2D eigenvalue weighted by atomic mass is 16.5. The summed E-state index contributed by atoms with van der Waals surface area (Å²) < 4.78 is 10.5. The van der Waals surface area contributed by atoms with Gasteiger partial charge in [-0.15, -0.1) is 0 Å². The van der Waals surface area contributed by atoms with Crippen LogP contribution < -0.4 is 0 Å². The third-order valence-corrected chi connectivity index (χ3v) is 3.41. The lowest BCUT2D eigenvalue weighted by Crippen LogP contribution is -2.17. The molecule has 1 fully saturated rings. The number of hydrogen-bond acceptors (Lipinski definition) is 5. The summed E-state index contributed by atoms with van der Waals surface area (Å²) in [7, 11) is 1.66. The molecule has 0 radical (unpaired) electrons. The van der Waals surface area contributed by atoms with Crippen LogP contribution in [0.5, 0.6) is 0 Å². The van der Waals surface area contributed by atoms with Gasteiger partial charge in [0, 0.05) is 19.2 Å². The Bertz CT molecular complexity index is 484. The van der Waals surface area contributed by atoms with Gasteiger partial charge in [0.2, 0.25) is 0 Å². The standard InChI is InChI=1S/C15H22N2O3/c1-5-20-15(18)11-8-16-14(13(19-4)9(2)3)17-12(11)10-6-7-10/h8-10,13H,5-7H2,1-4H3. The largest absolute Gasteiger partial charge is 0.462 e. The fraction of sp³-hybridized carbons (Fsp3) is 0.667. The van der Waals surface area contributed by atoms with Crippen LogP contribution in [0, 0.1) is 5.92 Å². The van der Waals surface area contributed by atoms with Crippen molar-refractivity contribution in [1.82, 2.24) is 9.97 Å². The van der Waals surface area contributed by atoms with Gasteiger partial charge in [0.1, 0.15) is 6.10 Å². The van der Waals surface area contributed by atoms with E-state index >= 15 is 0 Å². The number of methoxy groups -OCH3 is 1. The molecule has 110 valence electrons. The van der Waals surface area contributed by atoms with Crippen LogP contribution in [0.1, 0.15) is 67.5 Å². The summed E-state index contributed by atoms with van der Waals surface area (Å²) in [5.41, 5.74) is 1.31. The minimum absolute atomic E-state index is 0.149. The lowest BCUT2D eigenvalue weighted by molar-refractivity contribution is 0.0514. The van der Waals surface area contributed by atoms with Crippen molar-refractivity contribution in [3.63, 3.8) is 0 Å². The summed E-state index contributed by atoms with van der Waals surface area (Å²) in [6.45, 7) is 6.28. The van der Waals surface area contributed by atoms with Crippen LogP contribution in [0.15, 0.2) is 6.20 Å². The van der Waals surface area contributed by atoms with Gasteiger partial charge in [-0.25, -0.2) is 14.8 Å². The molecule has 1 unspecified atom stereocenters. The normalized spacial score (nSPS) is 16.2. The van der Waals surface area contributed by atoms with Crippen molar-refractivity contribution in [2.45, 2.75) is 45.6 Å². The van der Waals surface area contributed by atoms with Crippen LogP contribution in [-0.4, -0.2) is 29.7 Å². The fourth-order valence-corrected chi connectivity index (χ4v) is 2.26. The highest BCUT2D eigenvalue weighted by Gasteiger charge is 2.32. The topological polar surface area (TPSA) is 61.3 Å². The smallest absolute Gasteiger partial charge is 0.341 e. The second-order valence-corrected chi connectivity index (χ2v) is 5.42. The summed E-state index contributed by atoms with van der Waals surface area (Å²) >= 11 is 0. The number of carbonyl (C=O) groups excluding carboxylic acids is 1. The molecule has 1 heterocycles. The third kappa shape index (κ3) is 3.15. The van der Waals surface area contributed by atoms with Crippen molar-refractivity contribution in [3.8, 4) is 0 Å². The Morgan fingerprint density at radius 2 is 2.15 bits per heavy atom. The number of carbonyl (C=O) groups is 1. The summed E-state index contributed by atoms with van der Waals surface area (Å²) in [5.74, 6) is 0.957. The summed E-state index contributed by atoms with van der Waals surface area (Å²) in [6.07, 6.45) is 3.58. The van der Waals surface area contributed by atoms with E-state index in [1.54, 1.807) is 20.2 Å². The molecule has 1 aliphatic rings. The zero-order valence-corrected chi connectivity index (χ0v) is 12.5. The van der Waals surface area contributed by atoms with E-state index in [9.17, 15) is 4.79 Å². The first-order valence-corrected chi connectivity index (χ1v) is 7.15. The monoisotopic (exact) mass is 278 g/mol. The van der Waals surface area contributed by atoms with E-state index in [0.717, 1.165) is 18.5 Å². The van der Waals surface area contributed by atoms with Gasteiger partial charge in [-0.1, -0.05) is 13.8 Å². The molecule has 0 aliphatic heterocycles. The SMILES string of the molecule is CCOC(=O)c1cnc(C(OC)C(C)C)nc1C1CC1.